The number of fused-ring (bicyclic) bond motifs is 1. The van der Waals surface area contributed by atoms with Crippen LogP contribution in [0.4, 0.5) is 5.69 Å². The second kappa shape index (κ2) is 7.44. The number of rotatable bonds is 3. The van der Waals surface area contributed by atoms with Gasteiger partial charge in [0, 0.05) is 42.2 Å². The predicted octanol–water partition coefficient (Wildman–Crippen LogP) is 6.99. The maximum atomic E-state index is 6.56. The van der Waals surface area contributed by atoms with Gasteiger partial charge in [-0.05, 0) is 63.3 Å². The lowest BCUT2D eigenvalue weighted by Crippen LogP contribution is -2.25. The first-order chi connectivity index (χ1) is 14.8. The van der Waals surface area contributed by atoms with E-state index < -0.39 is 0 Å². The largest absolute Gasteiger partial charge is 0.487 e. The number of hydrogen-bond acceptors (Lipinski definition) is 2. The minimum atomic E-state index is -0.158. The van der Waals surface area contributed by atoms with Crippen LogP contribution in [0.25, 0.3) is 11.1 Å². The van der Waals surface area contributed by atoms with Crippen molar-refractivity contribution in [1.82, 2.24) is 0 Å². The Labute approximate surface area is 186 Å². The highest BCUT2D eigenvalue weighted by molar-refractivity contribution is 5.85. The number of aryl methyl sites for hydroxylation is 1. The van der Waals surface area contributed by atoms with Crippen molar-refractivity contribution < 1.29 is 4.74 Å². The summed E-state index contributed by atoms with van der Waals surface area (Å²) < 4.78 is 6.56. The van der Waals surface area contributed by atoms with Gasteiger partial charge in [0.25, 0.3) is 0 Å². The third-order valence-corrected chi connectivity index (χ3v) is 7.14. The van der Waals surface area contributed by atoms with Gasteiger partial charge in [-0.15, -0.1) is 0 Å². The SMILES string of the molecule is Cc1ccc(-c2c(C)c(N3CCC(c4ccccc4)C3)c(C)c3c2OC(C)(C)C3)cc1. The molecule has 2 heteroatoms. The number of ether oxygens (including phenoxy) is 1. The minimum Gasteiger partial charge on any atom is -0.487 e. The molecule has 0 bridgehead atoms. The van der Waals surface area contributed by atoms with Crippen LogP contribution in [0.2, 0.25) is 0 Å². The minimum absolute atomic E-state index is 0.158. The van der Waals surface area contributed by atoms with E-state index in [1.165, 1.54) is 51.1 Å². The molecular formula is C29H33NO. The average Bonchev–Trinajstić information content (AvgIpc) is 3.34. The van der Waals surface area contributed by atoms with Crippen LogP contribution in [0.3, 0.4) is 0 Å². The van der Waals surface area contributed by atoms with Crippen LogP contribution in [0.1, 0.15) is 54.0 Å². The number of hydrogen-bond donors (Lipinski definition) is 0. The van der Waals surface area contributed by atoms with Crippen molar-refractivity contribution in [1.29, 1.82) is 0 Å². The Morgan fingerprint density at radius 3 is 2.32 bits per heavy atom. The third kappa shape index (κ3) is 3.52. The first-order valence-corrected chi connectivity index (χ1v) is 11.6. The van der Waals surface area contributed by atoms with E-state index in [9.17, 15) is 0 Å². The lowest BCUT2D eigenvalue weighted by Gasteiger charge is -2.27. The molecule has 2 aliphatic heterocycles. The van der Waals surface area contributed by atoms with Crippen LogP contribution in [0.15, 0.2) is 54.6 Å². The fourth-order valence-corrected chi connectivity index (χ4v) is 5.60. The summed E-state index contributed by atoms with van der Waals surface area (Å²) in [5.41, 5.74) is 10.7. The highest BCUT2D eigenvalue weighted by atomic mass is 16.5. The van der Waals surface area contributed by atoms with Crippen molar-refractivity contribution >= 4 is 5.69 Å². The quantitative estimate of drug-likeness (QED) is 0.461. The van der Waals surface area contributed by atoms with Crippen molar-refractivity contribution in [3.05, 3.63) is 82.4 Å². The molecule has 0 aromatic heterocycles. The third-order valence-electron chi connectivity index (χ3n) is 7.14. The van der Waals surface area contributed by atoms with E-state index in [0.717, 1.165) is 25.3 Å². The summed E-state index contributed by atoms with van der Waals surface area (Å²) in [6.07, 6.45) is 2.18. The van der Waals surface area contributed by atoms with Crippen LogP contribution in [-0.4, -0.2) is 18.7 Å². The molecule has 1 fully saturated rings. The van der Waals surface area contributed by atoms with Crippen molar-refractivity contribution in [3.8, 4) is 16.9 Å². The van der Waals surface area contributed by atoms with E-state index in [1.807, 2.05) is 0 Å². The van der Waals surface area contributed by atoms with Crippen molar-refractivity contribution in [2.75, 3.05) is 18.0 Å². The maximum absolute atomic E-state index is 6.56. The van der Waals surface area contributed by atoms with E-state index in [0.29, 0.717) is 5.92 Å². The van der Waals surface area contributed by atoms with Gasteiger partial charge in [-0.3, -0.25) is 0 Å². The molecule has 2 heterocycles. The molecule has 0 N–H and O–H groups in total. The molecule has 1 unspecified atom stereocenters. The Kier molecular flexibility index (Phi) is 4.84. The molecule has 0 spiro atoms. The van der Waals surface area contributed by atoms with E-state index in [-0.39, 0.29) is 5.60 Å². The monoisotopic (exact) mass is 411 g/mol. The van der Waals surface area contributed by atoms with Gasteiger partial charge in [0.15, 0.2) is 0 Å². The predicted molar refractivity (Wildman–Crippen MR) is 131 cm³/mol. The van der Waals surface area contributed by atoms with Crippen LogP contribution < -0.4 is 9.64 Å². The fourth-order valence-electron chi connectivity index (χ4n) is 5.60. The molecule has 0 radical (unpaired) electrons. The zero-order chi connectivity index (χ0) is 21.8. The number of benzene rings is 3. The molecule has 1 atom stereocenters. The molecule has 0 amide bonds. The van der Waals surface area contributed by atoms with Crippen molar-refractivity contribution in [2.45, 2.75) is 59.0 Å². The summed E-state index contributed by atoms with van der Waals surface area (Å²) in [5.74, 6) is 1.70. The number of nitrogens with zero attached hydrogens (tertiary/aromatic N) is 1. The van der Waals surface area contributed by atoms with Gasteiger partial charge in [-0.2, -0.15) is 0 Å². The van der Waals surface area contributed by atoms with Gasteiger partial charge < -0.3 is 9.64 Å². The first-order valence-electron chi connectivity index (χ1n) is 11.6. The highest BCUT2D eigenvalue weighted by Crippen LogP contribution is 2.50. The summed E-state index contributed by atoms with van der Waals surface area (Å²) in [7, 11) is 0. The van der Waals surface area contributed by atoms with E-state index in [2.05, 4.69) is 94.1 Å². The Bertz CT molecular complexity index is 1110. The van der Waals surface area contributed by atoms with Gasteiger partial charge in [0.05, 0.1) is 0 Å². The van der Waals surface area contributed by atoms with E-state index in [4.69, 9.17) is 4.74 Å². The molecule has 31 heavy (non-hydrogen) atoms. The van der Waals surface area contributed by atoms with Gasteiger partial charge in [0.1, 0.15) is 11.4 Å². The van der Waals surface area contributed by atoms with Crippen LogP contribution in [0, 0.1) is 20.8 Å². The normalized spacial score (nSPS) is 19.4. The van der Waals surface area contributed by atoms with Crippen molar-refractivity contribution in [3.63, 3.8) is 0 Å². The molecule has 2 aliphatic rings. The maximum Gasteiger partial charge on any atom is 0.131 e. The zero-order valence-electron chi connectivity index (χ0n) is 19.5. The Hall–Kier alpha value is -2.74. The highest BCUT2D eigenvalue weighted by Gasteiger charge is 2.37. The topological polar surface area (TPSA) is 12.5 Å². The molecule has 0 aliphatic carbocycles. The number of anilines is 1. The molecule has 0 saturated carbocycles. The van der Waals surface area contributed by atoms with Crippen molar-refractivity contribution in [2.24, 2.45) is 0 Å². The molecule has 3 aromatic carbocycles. The Balaban J connectivity index is 1.62. The molecule has 2 nitrogen and oxygen atoms in total. The molecule has 5 rings (SSSR count). The molecular weight excluding hydrogens is 378 g/mol. The Morgan fingerprint density at radius 1 is 0.903 bits per heavy atom. The summed E-state index contributed by atoms with van der Waals surface area (Å²) >= 11 is 0. The molecule has 1 saturated heterocycles. The Morgan fingerprint density at radius 2 is 1.61 bits per heavy atom. The van der Waals surface area contributed by atoms with E-state index >= 15 is 0 Å². The van der Waals surface area contributed by atoms with Crippen LogP contribution in [0.5, 0.6) is 5.75 Å². The average molecular weight is 412 g/mol. The van der Waals surface area contributed by atoms with Crippen LogP contribution in [-0.2, 0) is 6.42 Å². The second-order valence-corrected chi connectivity index (χ2v) is 10.0. The summed E-state index contributed by atoms with van der Waals surface area (Å²) in [6, 6.07) is 19.9. The fraction of sp³-hybridized carbons (Fsp3) is 0.379. The van der Waals surface area contributed by atoms with Gasteiger partial charge >= 0.3 is 0 Å². The second-order valence-electron chi connectivity index (χ2n) is 10.0. The lowest BCUT2D eigenvalue weighted by molar-refractivity contribution is 0.139. The van der Waals surface area contributed by atoms with Gasteiger partial charge in [0.2, 0.25) is 0 Å². The van der Waals surface area contributed by atoms with E-state index in [1.54, 1.807) is 0 Å². The smallest absolute Gasteiger partial charge is 0.131 e. The van der Waals surface area contributed by atoms with Crippen LogP contribution >= 0.6 is 0 Å². The van der Waals surface area contributed by atoms with Gasteiger partial charge in [-0.1, -0.05) is 60.2 Å². The summed E-state index contributed by atoms with van der Waals surface area (Å²) in [6.45, 7) is 13.4. The summed E-state index contributed by atoms with van der Waals surface area (Å²) in [5, 5.41) is 0. The lowest BCUT2D eigenvalue weighted by atomic mass is 9.88. The van der Waals surface area contributed by atoms with Gasteiger partial charge in [-0.25, -0.2) is 0 Å². The zero-order valence-corrected chi connectivity index (χ0v) is 19.5. The first kappa shape index (κ1) is 20.2. The molecule has 3 aromatic rings. The summed E-state index contributed by atoms with van der Waals surface area (Å²) in [4.78, 5) is 2.63. The standard InChI is InChI=1S/C29H33NO/c1-19-11-13-23(14-12-19)26-21(3)27(20(2)25-17-29(4,5)31-28(25)26)30-16-15-24(18-30)22-9-7-6-8-10-22/h6-14,24H,15-18H2,1-5H3. The molecule has 160 valence electrons.